The fraction of sp³-hybridized carbons (Fsp3) is 0.300. The minimum Gasteiger partial charge on any atom is -0.335 e. The van der Waals surface area contributed by atoms with Crippen LogP contribution in [0.2, 0.25) is 0 Å². The molecule has 1 amide bonds. The molecule has 0 bridgehead atoms. The maximum Gasteiger partial charge on any atom is 0.266 e. The van der Waals surface area contributed by atoms with Gasteiger partial charge in [-0.25, -0.2) is 0 Å². The molecule has 27 heavy (non-hydrogen) atoms. The molecule has 0 N–H and O–H groups in total. The van der Waals surface area contributed by atoms with Crippen molar-refractivity contribution in [1.82, 2.24) is 9.80 Å². The third-order valence-electron chi connectivity index (χ3n) is 4.19. The van der Waals surface area contributed by atoms with E-state index in [9.17, 15) is 4.79 Å². The molecule has 142 valence electrons. The van der Waals surface area contributed by atoms with Crippen molar-refractivity contribution in [2.24, 2.45) is 0 Å². The Morgan fingerprint density at radius 3 is 2.59 bits per heavy atom. The first-order chi connectivity index (χ1) is 13.0. The number of thiocarbonyl (C=S) groups is 1. The summed E-state index contributed by atoms with van der Waals surface area (Å²) < 4.78 is 0.638. The second kappa shape index (κ2) is 9.10. The number of anilines is 1. The van der Waals surface area contributed by atoms with E-state index >= 15 is 0 Å². The highest BCUT2D eigenvalue weighted by Gasteiger charge is 2.31. The first-order valence-corrected chi connectivity index (χ1v) is 10.9. The minimum absolute atomic E-state index is 0.00184. The van der Waals surface area contributed by atoms with Gasteiger partial charge in [-0.05, 0) is 45.3 Å². The molecule has 0 radical (unpaired) electrons. The van der Waals surface area contributed by atoms with Crippen LogP contribution in [-0.2, 0) is 4.79 Å². The summed E-state index contributed by atoms with van der Waals surface area (Å²) in [7, 11) is 3.98. The van der Waals surface area contributed by atoms with E-state index in [0.717, 1.165) is 13.1 Å². The summed E-state index contributed by atoms with van der Waals surface area (Å²) in [5.74, 6) is 0.00184. The molecule has 7 heteroatoms. The van der Waals surface area contributed by atoms with Crippen LogP contribution in [0.25, 0.3) is 0 Å². The molecule has 1 aromatic rings. The predicted molar refractivity (Wildman–Crippen MR) is 121 cm³/mol. The molecular formula is C20H23N3OS3. The molecule has 0 atom stereocenters. The Morgan fingerprint density at radius 2 is 1.85 bits per heavy atom. The van der Waals surface area contributed by atoms with Gasteiger partial charge in [0, 0.05) is 24.5 Å². The van der Waals surface area contributed by atoms with Crippen LogP contribution in [0.4, 0.5) is 5.69 Å². The Labute approximate surface area is 175 Å². The maximum atomic E-state index is 12.5. The van der Waals surface area contributed by atoms with Crippen LogP contribution in [-0.4, -0.2) is 53.8 Å². The van der Waals surface area contributed by atoms with Crippen LogP contribution in [0.15, 0.2) is 63.4 Å². The maximum absolute atomic E-state index is 12.5. The topological polar surface area (TPSA) is 26.8 Å². The molecule has 0 unspecified atom stereocenters. The molecule has 4 nitrogen and oxygen atoms in total. The number of benzene rings is 1. The van der Waals surface area contributed by atoms with Crippen molar-refractivity contribution in [2.45, 2.75) is 11.8 Å². The average molecular weight is 418 g/mol. The molecular weight excluding hydrogens is 394 g/mol. The normalized spacial score (nSPS) is 20.1. The summed E-state index contributed by atoms with van der Waals surface area (Å²) in [6.07, 6.45) is 7.86. The van der Waals surface area contributed by atoms with Gasteiger partial charge in [0.2, 0.25) is 0 Å². The Balaban J connectivity index is 1.66. The van der Waals surface area contributed by atoms with E-state index in [1.807, 2.05) is 37.2 Å². The zero-order valence-corrected chi connectivity index (χ0v) is 18.2. The van der Waals surface area contributed by atoms with Crippen LogP contribution in [0, 0.1) is 0 Å². The van der Waals surface area contributed by atoms with Crippen LogP contribution < -0.4 is 4.90 Å². The van der Waals surface area contributed by atoms with Crippen molar-refractivity contribution in [3.05, 3.63) is 58.5 Å². The number of carbonyl (C=O) groups excluding carboxylic acids is 1. The second-order valence-electron chi connectivity index (χ2n) is 6.36. The second-order valence-corrected chi connectivity index (χ2v) is 9.10. The van der Waals surface area contributed by atoms with Crippen molar-refractivity contribution in [1.29, 1.82) is 0 Å². The van der Waals surface area contributed by atoms with Crippen molar-refractivity contribution in [2.75, 3.05) is 38.6 Å². The molecule has 3 rings (SSSR count). The Morgan fingerprint density at radius 1 is 1.11 bits per heavy atom. The minimum atomic E-state index is 0.00184. The highest BCUT2D eigenvalue weighted by atomic mass is 32.2. The van der Waals surface area contributed by atoms with Crippen molar-refractivity contribution in [3.8, 4) is 0 Å². The van der Waals surface area contributed by atoms with E-state index in [2.05, 4.69) is 42.2 Å². The van der Waals surface area contributed by atoms with Gasteiger partial charge in [0.25, 0.3) is 5.91 Å². The van der Waals surface area contributed by atoms with Crippen molar-refractivity contribution >= 4 is 51.7 Å². The number of carbonyl (C=O) groups is 1. The quantitative estimate of drug-likeness (QED) is 0.505. The zero-order valence-electron chi connectivity index (χ0n) is 15.7. The molecule has 0 saturated carbocycles. The standard InChI is InChI=1S/C20H23N3OS3/c1-4-22-15-9-5-6-10-16(15)26-18(22)12-8-7-11-17-19(24)23(20(25)27-17)14-13-21(2)3/h5-12H,4,13-14H2,1-3H3/b8-7+,17-11-,18-12-. The Kier molecular flexibility index (Phi) is 6.81. The molecule has 0 spiro atoms. The summed E-state index contributed by atoms with van der Waals surface area (Å²) in [6.45, 7) is 4.50. The zero-order chi connectivity index (χ0) is 19.4. The number of hydrogen-bond donors (Lipinski definition) is 0. The fourth-order valence-corrected chi connectivity index (χ4v) is 5.19. The number of amides is 1. The van der Waals surface area contributed by atoms with E-state index in [0.29, 0.717) is 15.8 Å². The van der Waals surface area contributed by atoms with Gasteiger partial charge in [0.05, 0.1) is 15.6 Å². The van der Waals surface area contributed by atoms with Gasteiger partial charge in [-0.2, -0.15) is 0 Å². The highest BCUT2D eigenvalue weighted by Crippen LogP contribution is 2.45. The molecule has 1 fully saturated rings. The lowest BCUT2D eigenvalue weighted by molar-refractivity contribution is -0.122. The lowest BCUT2D eigenvalue weighted by Crippen LogP contribution is -2.34. The number of fused-ring (bicyclic) bond motifs is 1. The van der Waals surface area contributed by atoms with Gasteiger partial charge in [-0.1, -0.05) is 60.0 Å². The lowest BCUT2D eigenvalue weighted by atomic mass is 10.3. The van der Waals surface area contributed by atoms with Gasteiger partial charge >= 0.3 is 0 Å². The number of thioether (sulfide) groups is 2. The van der Waals surface area contributed by atoms with E-state index < -0.39 is 0 Å². The Bertz CT molecular complexity index is 830. The van der Waals surface area contributed by atoms with Gasteiger partial charge in [-0.15, -0.1) is 0 Å². The summed E-state index contributed by atoms with van der Waals surface area (Å²) in [6, 6.07) is 8.43. The van der Waals surface area contributed by atoms with Gasteiger partial charge in [0.15, 0.2) is 0 Å². The predicted octanol–water partition coefficient (Wildman–Crippen LogP) is 4.32. The van der Waals surface area contributed by atoms with Gasteiger partial charge < -0.3 is 9.80 Å². The van der Waals surface area contributed by atoms with Crippen LogP contribution in [0.1, 0.15) is 6.92 Å². The average Bonchev–Trinajstić information content (AvgIpc) is 3.13. The molecule has 2 aliphatic heterocycles. The fourth-order valence-electron chi connectivity index (χ4n) is 2.79. The number of rotatable bonds is 6. The summed E-state index contributed by atoms with van der Waals surface area (Å²) in [5.41, 5.74) is 1.26. The lowest BCUT2D eigenvalue weighted by Gasteiger charge is -2.17. The smallest absolute Gasteiger partial charge is 0.266 e. The number of para-hydroxylation sites is 1. The molecule has 1 saturated heterocycles. The Hall–Kier alpha value is -1.54. The third-order valence-corrected chi connectivity index (χ3v) is 6.72. The van der Waals surface area contributed by atoms with Gasteiger partial charge in [0.1, 0.15) is 4.32 Å². The number of nitrogens with zero attached hydrogens (tertiary/aromatic N) is 3. The molecule has 2 aliphatic rings. The monoisotopic (exact) mass is 417 g/mol. The summed E-state index contributed by atoms with van der Waals surface area (Å²) in [5, 5.41) is 1.20. The van der Waals surface area contributed by atoms with E-state index in [4.69, 9.17) is 12.2 Å². The SMILES string of the molecule is CCN1/C(=C/C=C/C=C2\SC(=S)N(CCN(C)C)C2=O)Sc2ccccc21. The van der Waals surface area contributed by atoms with Crippen LogP contribution >= 0.6 is 35.7 Å². The molecule has 0 aliphatic carbocycles. The number of hydrogen-bond acceptors (Lipinski definition) is 6. The first kappa shape index (κ1) is 20.2. The number of allylic oxidation sites excluding steroid dienone is 4. The van der Waals surface area contributed by atoms with E-state index in [-0.39, 0.29) is 5.91 Å². The summed E-state index contributed by atoms with van der Waals surface area (Å²) >= 11 is 8.49. The molecule has 2 heterocycles. The molecule has 0 aromatic heterocycles. The van der Waals surface area contributed by atoms with E-state index in [1.165, 1.54) is 27.4 Å². The van der Waals surface area contributed by atoms with Crippen LogP contribution in [0.5, 0.6) is 0 Å². The van der Waals surface area contributed by atoms with Crippen LogP contribution in [0.3, 0.4) is 0 Å². The van der Waals surface area contributed by atoms with E-state index in [1.54, 1.807) is 16.7 Å². The largest absolute Gasteiger partial charge is 0.335 e. The third kappa shape index (κ3) is 4.66. The summed E-state index contributed by atoms with van der Waals surface area (Å²) in [4.78, 5) is 20.5. The number of likely N-dealkylation sites (N-methyl/N-ethyl adjacent to an activating group) is 1. The first-order valence-electron chi connectivity index (χ1n) is 8.82. The van der Waals surface area contributed by atoms with Crippen molar-refractivity contribution < 1.29 is 4.79 Å². The molecule has 1 aromatic carbocycles. The van der Waals surface area contributed by atoms with Gasteiger partial charge in [-0.3, -0.25) is 9.69 Å². The highest BCUT2D eigenvalue weighted by molar-refractivity contribution is 8.26. The van der Waals surface area contributed by atoms with Crippen molar-refractivity contribution in [3.63, 3.8) is 0 Å².